The van der Waals surface area contributed by atoms with Crippen LogP contribution in [0.1, 0.15) is 62.4 Å². The summed E-state index contributed by atoms with van der Waals surface area (Å²) in [5.74, 6) is 3.23. The van der Waals surface area contributed by atoms with Gasteiger partial charge in [0.05, 0.1) is 11.9 Å². The Morgan fingerprint density at radius 1 is 1.05 bits per heavy atom. The van der Waals surface area contributed by atoms with Gasteiger partial charge in [-0.3, -0.25) is 4.68 Å². The Morgan fingerprint density at radius 3 is 2.62 bits per heavy atom. The molecule has 1 N–H and O–H groups in total. The maximum Gasteiger partial charge on any atom is 0.191 e. The van der Waals surface area contributed by atoms with E-state index in [0.29, 0.717) is 5.82 Å². The lowest BCUT2D eigenvalue weighted by Gasteiger charge is -2.21. The number of nitrogens with one attached hydrogen (secondary N) is 1. The van der Waals surface area contributed by atoms with Crippen LogP contribution in [0.2, 0.25) is 0 Å². The van der Waals surface area contributed by atoms with E-state index in [1.807, 2.05) is 43.3 Å². The third-order valence-corrected chi connectivity index (χ3v) is 8.70. The van der Waals surface area contributed by atoms with Crippen molar-refractivity contribution in [1.29, 1.82) is 0 Å². The highest BCUT2D eigenvalue weighted by Crippen LogP contribution is 2.35. The van der Waals surface area contributed by atoms with Gasteiger partial charge in [0, 0.05) is 36.6 Å². The van der Waals surface area contributed by atoms with Crippen LogP contribution >= 0.6 is 11.3 Å². The summed E-state index contributed by atoms with van der Waals surface area (Å²) in [5, 5.41) is 17.8. The molecule has 5 heterocycles. The van der Waals surface area contributed by atoms with Crippen LogP contribution in [-0.4, -0.2) is 42.0 Å². The SMILES string of the molecule is Cc1cc(N(C)c2ccc(-c3cnn(CC4CCCC4)c3C)c(C(C)C)n2)nnc1Nc1nc2cccnc2s1. The fourth-order valence-corrected chi connectivity index (χ4v) is 6.26. The summed E-state index contributed by atoms with van der Waals surface area (Å²) in [6.07, 6.45) is 9.10. The fraction of sp³-hybridized carbons (Fsp3) is 0.400. The van der Waals surface area contributed by atoms with Gasteiger partial charge in [0.1, 0.15) is 16.2 Å². The molecule has 1 saturated carbocycles. The largest absolute Gasteiger partial charge is 0.314 e. The lowest BCUT2D eigenvalue weighted by atomic mass is 9.98. The maximum absolute atomic E-state index is 5.11. The molecule has 0 saturated heterocycles. The molecule has 0 spiro atoms. The van der Waals surface area contributed by atoms with Gasteiger partial charge >= 0.3 is 0 Å². The summed E-state index contributed by atoms with van der Waals surface area (Å²) in [6.45, 7) is 9.59. The summed E-state index contributed by atoms with van der Waals surface area (Å²) in [6, 6.07) is 10.1. The zero-order valence-electron chi connectivity index (χ0n) is 23.7. The number of aromatic nitrogens is 7. The number of rotatable bonds is 8. The van der Waals surface area contributed by atoms with E-state index in [1.165, 1.54) is 48.3 Å². The molecule has 0 amide bonds. The Kier molecular flexibility index (Phi) is 7.18. The molecule has 1 aliphatic carbocycles. The van der Waals surface area contributed by atoms with Gasteiger partial charge in [0.15, 0.2) is 16.8 Å². The zero-order chi connectivity index (χ0) is 27.8. The van der Waals surface area contributed by atoms with E-state index >= 15 is 0 Å². The van der Waals surface area contributed by atoms with Crippen LogP contribution in [0.25, 0.3) is 21.5 Å². The molecule has 10 heteroatoms. The molecule has 0 radical (unpaired) electrons. The smallest absolute Gasteiger partial charge is 0.191 e. The molecule has 5 aromatic heterocycles. The zero-order valence-corrected chi connectivity index (χ0v) is 24.5. The molecule has 0 unspecified atom stereocenters. The molecular weight excluding hydrogens is 518 g/mol. The number of hydrogen-bond acceptors (Lipinski definition) is 9. The molecule has 6 rings (SSSR count). The average molecular weight is 554 g/mol. The van der Waals surface area contributed by atoms with E-state index in [1.54, 1.807) is 6.20 Å². The van der Waals surface area contributed by atoms with Gasteiger partial charge in [-0.05, 0) is 74.4 Å². The van der Waals surface area contributed by atoms with Crippen molar-refractivity contribution in [2.24, 2.45) is 5.92 Å². The number of hydrogen-bond donors (Lipinski definition) is 1. The average Bonchev–Trinajstić information content (AvgIpc) is 3.70. The first-order chi connectivity index (χ1) is 19.4. The molecule has 0 aliphatic heterocycles. The highest BCUT2D eigenvalue weighted by molar-refractivity contribution is 7.21. The van der Waals surface area contributed by atoms with Crippen LogP contribution in [0, 0.1) is 19.8 Å². The van der Waals surface area contributed by atoms with Crippen LogP contribution in [-0.2, 0) is 6.54 Å². The quantitative estimate of drug-likeness (QED) is 0.216. The second kappa shape index (κ2) is 10.9. The number of anilines is 4. The van der Waals surface area contributed by atoms with E-state index in [9.17, 15) is 0 Å². The van der Waals surface area contributed by atoms with Gasteiger partial charge in [-0.1, -0.05) is 38.0 Å². The first-order valence-electron chi connectivity index (χ1n) is 14.0. The topological polar surface area (TPSA) is 97.5 Å². The second-order valence-corrected chi connectivity index (χ2v) is 12.0. The highest BCUT2D eigenvalue weighted by atomic mass is 32.1. The fourth-order valence-electron chi connectivity index (χ4n) is 5.45. The first kappa shape index (κ1) is 26.3. The Morgan fingerprint density at radius 2 is 1.88 bits per heavy atom. The summed E-state index contributed by atoms with van der Waals surface area (Å²) in [7, 11) is 1.98. The molecule has 0 atom stereocenters. The van der Waals surface area contributed by atoms with Crippen molar-refractivity contribution < 1.29 is 0 Å². The molecule has 5 aromatic rings. The molecule has 1 aliphatic rings. The maximum atomic E-state index is 5.11. The van der Waals surface area contributed by atoms with Crippen LogP contribution in [0.5, 0.6) is 0 Å². The van der Waals surface area contributed by atoms with Gasteiger partial charge in [-0.25, -0.2) is 15.0 Å². The van der Waals surface area contributed by atoms with Crippen molar-refractivity contribution in [3.63, 3.8) is 0 Å². The van der Waals surface area contributed by atoms with Gasteiger partial charge in [-0.2, -0.15) is 5.10 Å². The van der Waals surface area contributed by atoms with Crippen LogP contribution < -0.4 is 10.2 Å². The monoisotopic (exact) mass is 553 g/mol. The van der Waals surface area contributed by atoms with Crippen LogP contribution in [0.4, 0.5) is 22.6 Å². The third-order valence-electron chi connectivity index (χ3n) is 7.81. The normalized spacial score (nSPS) is 13.9. The van der Waals surface area contributed by atoms with Gasteiger partial charge in [0.2, 0.25) is 0 Å². The Labute approximate surface area is 238 Å². The molecule has 206 valence electrons. The van der Waals surface area contributed by atoms with Crippen molar-refractivity contribution in [3.05, 3.63) is 59.7 Å². The third kappa shape index (κ3) is 5.15. The predicted octanol–water partition coefficient (Wildman–Crippen LogP) is 7.18. The van der Waals surface area contributed by atoms with Crippen LogP contribution in [0.3, 0.4) is 0 Å². The van der Waals surface area contributed by atoms with Gasteiger partial charge < -0.3 is 10.2 Å². The Bertz CT molecular complexity index is 1620. The van der Waals surface area contributed by atoms with Crippen molar-refractivity contribution >= 4 is 44.3 Å². The Balaban J connectivity index is 1.24. The summed E-state index contributed by atoms with van der Waals surface area (Å²) < 4.78 is 2.19. The summed E-state index contributed by atoms with van der Waals surface area (Å²) in [5.41, 5.74) is 6.42. The standard InChI is InChI=1S/C30H35N9S/c1-18(2)27-22(23-16-32-39(20(23)4)17-21-9-6-7-10-21)12-13-25(34-27)38(5)26-15-19(3)28(37-36-26)35-30-33-24-11-8-14-31-29(24)40-30/h8,11-16,18,21H,6-7,9-10,17H2,1-5H3,(H,33,35,37). The van der Waals surface area contributed by atoms with Crippen molar-refractivity contribution in [1.82, 2.24) is 34.9 Å². The molecule has 40 heavy (non-hydrogen) atoms. The number of pyridine rings is 2. The van der Waals surface area contributed by atoms with E-state index in [2.05, 4.69) is 63.1 Å². The molecule has 9 nitrogen and oxygen atoms in total. The summed E-state index contributed by atoms with van der Waals surface area (Å²) >= 11 is 1.49. The number of nitrogens with zero attached hydrogens (tertiary/aromatic N) is 8. The predicted molar refractivity (Wildman–Crippen MR) is 162 cm³/mol. The van der Waals surface area contributed by atoms with Crippen LogP contribution in [0.15, 0.2) is 42.7 Å². The van der Waals surface area contributed by atoms with Gasteiger partial charge in [-0.15, -0.1) is 10.2 Å². The minimum Gasteiger partial charge on any atom is -0.314 e. The lowest BCUT2D eigenvalue weighted by Crippen LogP contribution is -2.15. The molecular formula is C30H35N9S. The minimum absolute atomic E-state index is 0.253. The van der Waals surface area contributed by atoms with Gasteiger partial charge in [0.25, 0.3) is 0 Å². The number of aryl methyl sites for hydroxylation is 1. The van der Waals surface area contributed by atoms with E-state index in [-0.39, 0.29) is 5.92 Å². The molecule has 0 aromatic carbocycles. The summed E-state index contributed by atoms with van der Waals surface area (Å²) in [4.78, 5) is 17.0. The van der Waals surface area contributed by atoms with Crippen molar-refractivity contribution in [2.45, 2.75) is 65.8 Å². The highest BCUT2D eigenvalue weighted by Gasteiger charge is 2.21. The Hall–Kier alpha value is -3.92. The van der Waals surface area contributed by atoms with E-state index in [4.69, 9.17) is 10.1 Å². The molecule has 1 fully saturated rings. The first-order valence-corrected chi connectivity index (χ1v) is 14.8. The van der Waals surface area contributed by atoms with E-state index in [0.717, 1.165) is 56.4 Å². The molecule has 0 bridgehead atoms. The van der Waals surface area contributed by atoms with Crippen molar-refractivity contribution in [2.75, 3.05) is 17.3 Å². The number of thiazole rings is 1. The lowest BCUT2D eigenvalue weighted by molar-refractivity contribution is 0.423. The van der Waals surface area contributed by atoms with Crippen molar-refractivity contribution in [3.8, 4) is 11.1 Å². The number of fused-ring (bicyclic) bond motifs is 1. The second-order valence-electron chi connectivity index (χ2n) is 11.0. The minimum atomic E-state index is 0.253. The van der Waals surface area contributed by atoms with E-state index < -0.39 is 0 Å².